The number of pyridine rings is 1. The van der Waals surface area contributed by atoms with Gasteiger partial charge in [-0.25, -0.2) is 0 Å². The number of ether oxygens (including phenoxy) is 1. The van der Waals surface area contributed by atoms with Crippen LogP contribution in [0.15, 0.2) is 82.2 Å². The van der Waals surface area contributed by atoms with Crippen molar-refractivity contribution in [3.05, 3.63) is 93.3 Å². The van der Waals surface area contributed by atoms with Gasteiger partial charge in [0.05, 0.1) is 12.2 Å². The Bertz CT molecular complexity index is 1350. The predicted octanol–water partition coefficient (Wildman–Crippen LogP) is 6.34. The van der Waals surface area contributed by atoms with E-state index in [1.165, 1.54) is 0 Å². The van der Waals surface area contributed by atoms with Gasteiger partial charge in [-0.3, -0.25) is 9.36 Å². The summed E-state index contributed by atoms with van der Waals surface area (Å²) in [6, 6.07) is 22.5. The lowest BCUT2D eigenvalue weighted by molar-refractivity contribution is -0.00521. The van der Waals surface area contributed by atoms with Crippen molar-refractivity contribution in [1.29, 1.82) is 0 Å². The maximum absolute atomic E-state index is 13.5. The van der Waals surface area contributed by atoms with Crippen molar-refractivity contribution in [2.75, 3.05) is 18.0 Å². The van der Waals surface area contributed by atoms with Crippen LogP contribution in [0.3, 0.4) is 0 Å². The fraction of sp³-hybridized carbons (Fsp3) is 0.250. The number of morpholine rings is 1. The summed E-state index contributed by atoms with van der Waals surface area (Å²) in [6.45, 7) is 8.04. The number of halogens is 1. The lowest BCUT2D eigenvalue weighted by Crippen LogP contribution is -2.45. The maximum atomic E-state index is 13.5. The van der Waals surface area contributed by atoms with Crippen molar-refractivity contribution >= 4 is 32.4 Å². The first-order valence-electron chi connectivity index (χ1n) is 11.3. The summed E-state index contributed by atoms with van der Waals surface area (Å²) in [5, 5.41) is 1.74. The molecule has 1 aromatic heterocycles. The molecule has 3 aromatic carbocycles. The summed E-state index contributed by atoms with van der Waals surface area (Å²) in [5.41, 5.74) is 5.27. The van der Waals surface area contributed by atoms with E-state index in [0.717, 1.165) is 56.4 Å². The van der Waals surface area contributed by atoms with Crippen LogP contribution < -0.4 is 10.5 Å². The van der Waals surface area contributed by atoms with Crippen LogP contribution in [-0.2, 0) is 4.74 Å². The fourth-order valence-electron chi connectivity index (χ4n) is 4.88. The van der Waals surface area contributed by atoms with E-state index in [9.17, 15) is 4.79 Å². The second-order valence-corrected chi connectivity index (χ2v) is 9.82. The molecule has 33 heavy (non-hydrogen) atoms. The molecule has 4 nitrogen and oxygen atoms in total. The van der Waals surface area contributed by atoms with Crippen LogP contribution in [-0.4, -0.2) is 29.9 Å². The van der Waals surface area contributed by atoms with E-state index < -0.39 is 0 Å². The van der Waals surface area contributed by atoms with Gasteiger partial charge in [-0.1, -0.05) is 40.2 Å². The Hall–Kier alpha value is -2.89. The highest BCUT2D eigenvalue weighted by Gasteiger charge is 2.22. The average Bonchev–Trinajstić information content (AvgIpc) is 2.81. The summed E-state index contributed by atoms with van der Waals surface area (Å²) in [7, 11) is 0. The smallest absolute Gasteiger partial charge is 0.262 e. The summed E-state index contributed by atoms with van der Waals surface area (Å²) in [5.74, 6) is 0. The molecule has 2 atom stereocenters. The van der Waals surface area contributed by atoms with E-state index in [2.05, 4.69) is 71.9 Å². The number of benzene rings is 3. The zero-order valence-electron chi connectivity index (χ0n) is 19.1. The molecule has 0 amide bonds. The quantitative estimate of drug-likeness (QED) is 0.327. The van der Waals surface area contributed by atoms with Crippen molar-refractivity contribution in [3.63, 3.8) is 0 Å². The number of fused-ring (bicyclic) bond motifs is 1. The molecule has 0 saturated carbocycles. The lowest BCUT2D eigenvalue weighted by atomic mass is 9.96. The standard InChI is InChI=1S/C28H27BrN2O2/c1-18-15-31(24-13-11-23(12-14-24)30-16-19(2)33-20(3)17-30)28(32)26-6-4-5-25(27(18)26)21-7-9-22(29)10-8-21/h4-15,19-20H,16-17H2,1-3H3/t19-,20+. The van der Waals surface area contributed by atoms with Crippen molar-refractivity contribution in [1.82, 2.24) is 4.57 Å². The van der Waals surface area contributed by atoms with Gasteiger partial charge in [0.25, 0.3) is 5.56 Å². The van der Waals surface area contributed by atoms with Gasteiger partial charge in [-0.2, -0.15) is 0 Å². The van der Waals surface area contributed by atoms with Crippen LogP contribution in [0.2, 0.25) is 0 Å². The van der Waals surface area contributed by atoms with Crippen LogP contribution in [0.25, 0.3) is 27.6 Å². The highest BCUT2D eigenvalue weighted by molar-refractivity contribution is 9.10. The fourth-order valence-corrected chi connectivity index (χ4v) is 5.14. The number of aromatic nitrogens is 1. The maximum Gasteiger partial charge on any atom is 0.262 e. The van der Waals surface area contributed by atoms with Gasteiger partial charge in [0.1, 0.15) is 0 Å². The number of hydrogen-bond acceptors (Lipinski definition) is 3. The van der Waals surface area contributed by atoms with Crippen LogP contribution in [0, 0.1) is 6.92 Å². The van der Waals surface area contributed by atoms with Gasteiger partial charge in [0, 0.05) is 40.5 Å². The monoisotopic (exact) mass is 502 g/mol. The van der Waals surface area contributed by atoms with Gasteiger partial charge in [-0.15, -0.1) is 0 Å². The summed E-state index contributed by atoms with van der Waals surface area (Å²) in [4.78, 5) is 15.9. The number of anilines is 1. The molecule has 168 valence electrons. The third-order valence-electron chi connectivity index (χ3n) is 6.30. The molecule has 1 aliphatic rings. The molecular weight excluding hydrogens is 476 g/mol. The normalized spacial score (nSPS) is 18.6. The molecule has 5 heteroatoms. The van der Waals surface area contributed by atoms with Gasteiger partial charge < -0.3 is 9.64 Å². The topological polar surface area (TPSA) is 34.5 Å². The molecule has 0 spiro atoms. The Labute approximate surface area is 202 Å². The molecule has 0 radical (unpaired) electrons. The van der Waals surface area contributed by atoms with Gasteiger partial charge in [0.15, 0.2) is 0 Å². The summed E-state index contributed by atoms with van der Waals surface area (Å²) < 4.78 is 8.66. The molecule has 1 aliphatic heterocycles. The van der Waals surface area contributed by atoms with Gasteiger partial charge >= 0.3 is 0 Å². The average molecular weight is 503 g/mol. The van der Waals surface area contributed by atoms with Crippen LogP contribution in [0.5, 0.6) is 0 Å². The van der Waals surface area contributed by atoms with E-state index in [0.29, 0.717) is 0 Å². The van der Waals surface area contributed by atoms with Gasteiger partial charge in [0.2, 0.25) is 0 Å². The molecule has 0 N–H and O–H groups in total. The molecule has 0 aliphatic carbocycles. The zero-order chi connectivity index (χ0) is 23.1. The third-order valence-corrected chi connectivity index (χ3v) is 6.83. The predicted molar refractivity (Wildman–Crippen MR) is 140 cm³/mol. The molecule has 0 unspecified atom stereocenters. The summed E-state index contributed by atoms with van der Waals surface area (Å²) >= 11 is 3.50. The molecule has 2 heterocycles. The first kappa shape index (κ1) is 21.9. The first-order chi connectivity index (χ1) is 15.9. The summed E-state index contributed by atoms with van der Waals surface area (Å²) in [6.07, 6.45) is 2.37. The molecule has 1 fully saturated rings. The van der Waals surface area contributed by atoms with Crippen molar-refractivity contribution < 1.29 is 4.74 Å². The van der Waals surface area contributed by atoms with Crippen LogP contribution >= 0.6 is 15.9 Å². The van der Waals surface area contributed by atoms with Crippen molar-refractivity contribution in [2.45, 2.75) is 33.0 Å². The highest BCUT2D eigenvalue weighted by atomic mass is 79.9. The van der Waals surface area contributed by atoms with E-state index in [1.54, 1.807) is 4.57 Å². The molecule has 4 aromatic rings. The largest absolute Gasteiger partial charge is 0.372 e. The Kier molecular flexibility index (Phi) is 5.85. The number of nitrogens with zero attached hydrogens (tertiary/aromatic N) is 2. The number of hydrogen-bond donors (Lipinski definition) is 0. The Balaban J connectivity index is 1.55. The molecule has 1 saturated heterocycles. The van der Waals surface area contributed by atoms with Gasteiger partial charge in [-0.05, 0) is 85.3 Å². The number of rotatable bonds is 3. The third kappa shape index (κ3) is 4.23. The van der Waals surface area contributed by atoms with Crippen LogP contribution in [0.4, 0.5) is 5.69 Å². The van der Waals surface area contributed by atoms with E-state index >= 15 is 0 Å². The Morgan fingerprint density at radius 3 is 2.18 bits per heavy atom. The minimum atomic E-state index is -0.00377. The van der Waals surface area contributed by atoms with Crippen LogP contribution in [0.1, 0.15) is 19.4 Å². The molecular formula is C28H27BrN2O2. The van der Waals surface area contributed by atoms with E-state index in [1.807, 2.05) is 42.6 Å². The highest BCUT2D eigenvalue weighted by Crippen LogP contribution is 2.31. The minimum absolute atomic E-state index is 0.00377. The lowest BCUT2D eigenvalue weighted by Gasteiger charge is -2.36. The van der Waals surface area contributed by atoms with E-state index in [4.69, 9.17) is 4.74 Å². The van der Waals surface area contributed by atoms with Crippen molar-refractivity contribution in [2.24, 2.45) is 0 Å². The zero-order valence-corrected chi connectivity index (χ0v) is 20.7. The van der Waals surface area contributed by atoms with E-state index in [-0.39, 0.29) is 17.8 Å². The number of aryl methyl sites for hydroxylation is 1. The second kappa shape index (κ2) is 8.81. The second-order valence-electron chi connectivity index (χ2n) is 8.90. The first-order valence-corrected chi connectivity index (χ1v) is 12.1. The Morgan fingerprint density at radius 1 is 0.879 bits per heavy atom. The molecule has 0 bridgehead atoms. The Morgan fingerprint density at radius 2 is 1.52 bits per heavy atom. The molecule has 5 rings (SSSR count). The van der Waals surface area contributed by atoms with Crippen molar-refractivity contribution in [3.8, 4) is 16.8 Å². The minimum Gasteiger partial charge on any atom is -0.372 e. The SMILES string of the molecule is Cc1cn(-c2ccc(N3C[C@@H](C)O[C@@H](C)C3)cc2)c(=O)c2cccc(-c3ccc(Br)cc3)c12.